The molecular formula is C9H12FN3S. The van der Waals surface area contributed by atoms with Crippen LogP contribution in [0.4, 0.5) is 4.39 Å². The monoisotopic (exact) mass is 213 g/mol. The van der Waals surface area contributed by atoms with E-state index in [2.05, 4.69) is 10.9 Å². The largest absolute Gasteiger partial charge is 0.314 e. The molecule has 0 aliphatic carbocycles. The Bertz CT molecular complexity index is 321. The average Bonchev–Trinajstić information content (AvgIpc) is 2.56. The molecule has 1 heterocycles. The van der Waals surface area contributed by atoms with Gasteiger partial charge in [-0.15, -0.1) is 11.8 Å². The Morgan fingerprint density at radius 2 is 2.21 bits per heavy atom. The summed E-state index contributed by atoms with van der Waals surface area (Å²) in [6.07, 6.45) is -0.125. The molecule has 14 heavy (non-hydrogen) atoms. The normalized spacial score (nSPS) is 26.7. The molecule has 0 radical (unpaired) electrons. The van der Waals surface area contributed by atoms with Crippen LogP contribution in [-0.2, 0) is 0 Å². The topological polar surface area (TPSA) is 50.1 Å². The number of rotatable bonds is 2. The third kappa shape index (κ3) is 2.06. The summed E-state index contributed by atoms with van der Waals surface area (Å²) in [7, 11) is 0. The molecule has 0 bridgehead atoms. The zero-order valence-electron chi connectivity index (χ0n) is 7.53. The second-order valence-electron chi connectivity index (χ2n) is 3.14. The smallest absolute Gasteiger partial charge is 0.136 e. The van der Waals surface area contributed by atoms with E-state index in [9.17, 15) is 4.39 Å². The average molecular weight is 213 g/mol. The summed E-state index contributed by atoms with van der Waals surface area (Å²) >= 11 is 1.46. The Hall–Kier alpha value is -0.620. The van der Waals surface area contributed by atoms with Crippen molar-refractivity contribution in [2.45, 2.75) is 16.3 Å². The SMILES string of the molecule is NC1NNCC1Sc1ccccc1F. The van der Waals surface area contributed by atoms with Crippen molar-refractivity contribution in [3.63, 3.8) is 0 Å². The Kier molecular flexibility index (Phi) is 3.02. The van der Waals surface area contributed by atoms with Gasteiger partial charge in [-0.1, -0.05) is 12.1 Å². The van der Waals surface area contributed by atoms with Crippen molar-refractivity contribution in [1.29, 1.82) is 0 Å². The van der Waals surface area contributed by atoms with Gasteiger partial charge in [-0.25, -0.2) is 9.82 Å². The molecule has 1 aromatic rings. The van der Waals surface area contributed by atoms with Crippen molar-refractivity contribution in [2.24, 2.45) is 5.73 Å². The van der Waals surface area contributed by atoms with Crippen LogP contribution in [0.1, 0.15) is 0 Å². The Morgan fingerprint density at radius 1 is 1.43 bits per heavy atom. The van der Waals surface area contributed by atoms with Crippen LogP contribution in [0.5, 0.6) is 0 Å². The summed E-state index contributed by atoms with van der Waals surface area (Å²) < 4.78 is 13.3. The Morgan fingerprint density at radius 3 is 2.86 bits per heavy atom. The van der Waals surface area contributed by atoms with E-state index in [4.69, 9.17) is 5.73 Å². The van der Waals surface area contributed by atoms with E-state index < -0.39 is 0 Å². The number of nitrogens with one attached hydrogen (secondary N) is 2. The second-order valence-corrected chi connectivity index (χ2v) is 4.42. The van der Waals surface area contributed by atoms with Gasteiger partial charge >= 0.3 is 0 Å². The highest BCUT2D eigenvalue weighted by Gasteiger charge is 2.24. The number of thioether (sulfide) groups is 1. The number of benzene rings is 1. The molecule has 3 nitrogen and oxygen atoms in total. The third-order valence-electron chi connectivity index (χ3n) is 2.09. The van der Waals surface area contributed by atoms with Crippen molar-refractivity contribution in [3.8, 4) is 0 Å². The van der Waals surface area contributed by atoms with Crippen molar-refractivity contribution >= 4 is 11.8 Å². The fourth-order valence-electron chi connectivity index (χ4n) is 1.32. The molecule has 2 rings (SSSR count). The maximum absolute atomic E-state index is 13.3. The molecule has 2 unspecified atom stereocenters. The van der Waals surface area contributed by atoms with Gasteiger partial charge in [0.1, 0.15) is 5.82 Å². The maximum atomic E-state index is 13.3. The van der Waals surface area contributed by atoms with E-state index in [0.717, 1.165) is 6.54 Å². The summed E-state index contributed by atoms with van der Waals surface area (Å²) in [6.45, 7) is 0.750. The first-order valence-corrected chi connectivity index (χ1v) is 5.30. The van der Waals surface area contributed by atoms with E-state index in [1.807, 2.05) is 6.07 Å². The minimum Gasteiger partial charge on any atom is -0.314 e. The lowest BCUT2D eigenvalue weighted by Gasteiger charge is -2.13. The zero-order chi connectivity index (χ0) is 9.97. The molecule has 1 saturated heterocycles. The lowest BCUT2D eigenvalue weighted by atomic mass is 10.3. The van der Waals surface area contributed by atoms with E-state index in [1.165, 1.54) is 17.8 Å². The van der Waals surface area contributed by atoms with Crippen LogP contribution >= 0.6 is 11.8 Å². The van der Waals surface area contributed by atoms with Gasteiger partial charge in [-0.05, 0) is 12.1 Å². The first kappa shape index (κ1) is 9.92. The van der Waals surface area contributed by atoms with E-state index in [-0.39, 0.29) is 17.2 Å². The summed E-state index contributed by atoms with van der Waals surface area (Å²) in [6, 6.07) is 6.74. The molecule has 1 aliphatic rings. The van der Waals surface area contributed by atoms with Crippen molar-refractivity contribution in [2.75, 3.05) is 6.54 Å². The molecule has 0 amide bonds. The number of hydrogen-bond donors (Lipinski definition) is 3. The fourth-order valence-corrected chi connectivity index (χ4v) is 2.36. The van der Waals surface area contributed by atoms with Crippen molar-refractivity contribution in [1.82, 2.24) is 10.9 Å². The highest BCUT2D eigenvalue weighted by molar-refractivity contribution is 8.00. The predicted octanol–water partition coefficient (Wildman–Crippen LogP) is 0.679. The van der Waals surface area contributed by atoms with Gasteiger partial charge < -0.3 is 5.73 Å². The van der Waals surface area contributed by atoms with Crippen LogP contribution in [0, 0.1) is 5.82 Å². The summed E-state index contributed by atoms with van der Waals surface area (Å²) in [5, 5.41) is 0.173. The van der Waals surface area contributed by atoms with Gasteiger partial charge in [0.15, 0.2) is 0 Å². The van der Waals surface area contributed by atoms with Crippen LogP contribution in [0.3, 0.4) is 0 Å². The molecule has 1 aliphatic heterocycles. The van der Waals surface area contributed by atoms with Crippen LogP contribution < -0.4 is 16.6 Å². The third-order valence-corrected chi connectivity index (χ3v) is 3.44. The van der Waals surface area contributed by atoms with Crippen LogP contribution in [0.2, 0.25) is 0 Å². The molecule has 4 N–H and O–H groups in total. The minimum absolute atomic E-state index is 0.125. The minimum atomic E-state index is -0.184. The lowest BCUT2D eigenvalue weighted by Crippen LogP contribution is -2.40. The second kappa shape index (κ2) is 4.27. The summed E-state index contributed by atoms with van der Waals surface area (Å²) in [4.78, 5) is 0.651. The Labute approximate surface area is 86.2 Å². The lowest BCUT2D eigenvalue weighted by molar-refractivity contribution is 0.575. The van der Waals surface area contributed by atoms with E-state index >= 15 is 0 Å². The van der Waals surface area contributed by atoms with Crippen LogP contribution in [0.15, 0.2) is 29.2 Å². The highest BCUT2D eigenvalue weighted by atomic mass is 32.2. The number of halogens is 1. The van der Waals surface area contributed by atoms with Crippen molar-refractivity contribution < 1.29 is 4.39 Å². The summed E-state index contributed by atoms with van der Waals surface area (Å²) in [5.74, 6) is -0.184. The van der Waals surface area contributed by atoms with E-state index in [0.29, 0.717) is 4.90 Å². The van der Waals surface area contributed by atoms with Gasteiger partial charge in [0.2, 0.25) is 0 Å². The maximum Gasteiger partial charge on any atom is 0.136 e. The number of hydrogen-bond acceptors (Lipinski definition) is 4. The van der Waals surface area contributed by atoms with Crippen LogP contribution in [0.25, 0.3) is 0 Å². The van der Waals surface area contributed by atoms with Gasteiger partial charge in [0, 0.05) is 11.4 Å². The molecule has 1 fully saturated rings. The zero-order valence-corrected chi connectivity index (χ0v) is 8.35. The summed E-state index contributed by atoms with van der Waals surface area (Å²) in [5.41, 5.74) is 11.6. The Balaban J connectivity index is 2.07. The van der Waals surface area contributed by atoms with Gasteiger partial charge in [0.05, 0.1) is 11.4 Å². The molecule has 5 heteroatoms. The van der Waals surface area contributed by atoms with Gasteiger partial charge in [0.25, 0.3) is 0 Å². The van der Waals surface area contributed by atoms with E-state index in [1.54, 1.807) is 12.1 Å². The number of hydrazine groups is 1. The quantitative estimate of drug-likeness (QED) is 0.676. The molecule has 1 aromatic carbocycles. The van der Waals surface area contributed by atoms with Gasteiger partial charge in [-0.2, -0.15) is 0 Å². The molecule has 0 saturated carbocycles. The predicted molar refractivity (Wildman–Crippen MR) is 55.2 cm³/mol. The molecule has 76 valence electrons. The molecule has 2 atom stereocenters. The van der Waals surface area contributed by atoms with Gasteiger partial charge in [-0.3, -0.25) is 5.43 Å². The molecule has 0 aromatic heterocycles. The highest BCUT2D eigenvalue weighted by Crippen LogP contribution is 2.27. The first-order chi connectivity index (χ1) is 6.77. The standard InChI is InChI=1S/C9H12FN3S/c10-6-3-1-2-4-7(6)14-8-5-12-13-9(8)11/h1-4,8-9,12-13H,5,11H2. The van der Waals surface area contributed by atoms with Crippen molar-refractivity contribution in [3.05, 3.63) is 30.1 Å². The first-order valence-electron chi connectivity index (χ1n) is 4.42. The molecule has 0 spiro atoms. The fraction of sp³-hybridized carbons (Fsp3) is 0.333. The molecular weight excluding hydrogens is 201 g/mol. The number of nitrogens with two attached hydrogens (primary N) is 1. The van der Waals surface area contributed by atoms with Crippen LogP contribution in [-0.4, -0.2) is 18.0 Å².